The number of carbonyl (C=O) groups is 3. The van der Waals surface area contributed by atoms with E-state index >= 15 is 0 Å². The van der Waals surface area contributed by atoms with Crippen molar-refractivity contribution < 1.29 is 23.5 Å². The van der Waals surface area contributed by atoms with Crippen LogP contribution in [0.15, 0.2) is 48.5 Å². The van der Waals surface area contributed by atoms with Crippen LogP contribution in [0.25, 0.3) is 10.1 Å². The summed E-state index contributed by atoms with van der Waals surface area (Å²) in [6, 6.07) is 12.6. The first-order valence-electron chi connectivity index (χ1n) is 8.07. The highest BCUT2D eigenvalue weighted by Crippen LogP contribution is 2.29. The van der Waals surface area contributed by atoms with Crippen LogP contribution < -0.4 is 10.2 Å². The van der Waals surface area contributed by atoms with E-state index in [1.807, 2.05) is 0 Å². The lowest BCUT2D eigenvalue weighted by atomic mass is 10.2. The van der Waals surface area contributed by atoms with Crippen molar-refractivity contribution in [2.45, 2.75) is 0 Å². The van der Waals surface area contributed by atoms with Crippen LogP contribution in [-0.4, -0.2) is 30.9 Å². The fraction of sp³-hybridized carbons (Fsp3) is 0.105. The highest BCUT2D eigenvalue weighted by molar-refractivity contribution is 7.20. The third-order valence-electron chi connectivity index (χ3n) is 4.08. The number of fused-ring (bicyclic) bond motifs is 2. The lowest BCUT2D eigenvalue weighted by molar-refractivity contribution is -0.124. The van der Waals surface area contributed by atoms with Crippen LogP contribution in [0, 0.1) is 5.82 Å². The second-order valence-electron chi connectivity index (χ2n) is 5.91. The van der Waals surface area contributed by atoms with Crippen molar-refractivity contribution in [3.05, 3.63) is 59.2 Å². The number of hydrogen-bond acceptors (Lipinski definition) is 5. The first kappa shape index (κ1) is 17.2. The number of anilines is 2. The summed E-state index contributed by atoms with van der Waals surface area (Å²) < 4.78 is 19.1. The van der Waals surface area contributed by atoms with E-state index in [4.69, 9.17) is 4.74 Å². The Balaban J connectivity index is 1.47. The summed E-state index contributed by atoms with van der Waals surface area (Å²) in [5.74, 6) is -1.88. The number of para-hydroxylation sites is 2. The monoisotopic (exact) mass is 384 g/mol. The number of carbonyl (C=O) groups excluding carboxylic acids is 3. The van der Waals surface area contributed by atoms with Crippen LogP contribution in [0.4, 0.5) is 15.8 Å². The number of esters is 1. The van der Waals surface area contributed by atoms with Crippen LogP contribution >= 0.6 is 11.3 Å². The standard InChI is InChI=1S/C19H13FN2O4S/c20-12-5-6-15-11(7-12)8-16(27-15)19(25)26-10-18(24)22-9-17(23)21-13-3-1-2-4-14(13)22/h1-8H,9-10H2,(H,21,23). The van der Waals surface area contributed by atoms with E-state index in [1.165, 1.54) is 23.1 Å². The topological polar surface area (TPSA) is 75.7 Å². The van der Waals surface area contributed by atoms with E-state index < -0.39 is 24.3 Å². The predicted octanol–water partition coefficient (Wildman–Crippen LogP) is 3.18. The minimum Gasteiger partial charge on any atom is -0.451 e. The molecule has 2 aromatic carbocycles. The molecular formula is C19H13FN2O4S. The minimum atomic E-state index is -0.667. The van der Waals surface area contributed by atoms with Crippen molar-refractivity contribution in [1.29, 1.82) is 0 Å². The maximum absolute atomic E-state index is 13.3. The van der Waals surface area contributed by atoms with Crippen LogP contribution in [-0.2, 0) is 14.3 Å². The van der Waals surface area contributed by atoms with Gasteiger partial charge in [0.1, 0.15) is 17.2 Å². The molecule has 1 aliphatic heterocycles. The Morgan fingerprint density at radius 1 is 1.19 bits per heavy atom. The molecule has 0 aliphatic carbocycles. The molecule has 3 aromatic rings. The minimum absolute atomic E-state index is 0.143. The van der Waals surface area contributed by atoms with E-state index in [1.54, 1.807) is 30.3 Å². The number of hydrogen-bond donors (Lipinski definition) is 1. The summed E-state index contributed by atoms with van der Waals surface area (Å²) in [4.78, 5) is 38.1. The van der Waals surface area contributed by atoms with Gasteiger partial charge in [0.05, 0.1) is 11.4 Å². The predicted molar refractivity (Wildman–Crippen MR) is 99.5 cm³/mol. The first-order chi connectivity index (χ1) is 13.0. The average molecular weight is 384 g/mol. The average Bonchev–Trinajstić information content (AvgIpc) is 3.08. The summed E-state index contributed by atoms with van der Waals surface area (Å²) >= 11 is 1.16. The quantitative estimate of drug-likeness (QED) is 0.704. The van der Waals surface area contributed by atoms with Gasteiger partial charge in [0.15, 0.2) is 6.61 Å². The summed E-state index contributed by atoms with van der Waals surface area (Å²) in [5.41, 5.74) is 1.08. The molecular weight excluding hydrogens is 371 g/mol. The first-order valence-corrected chi connectivity index (χ1v) is 8.88. The van der Waals surface area contributed by atoms with Gasteiger partial charge in [-0.05, 0) is 41.8 Å². The van der Waals surface area contributed by atoms with Crippen LogP contribution in [0.5, 0.6) is 0 Å². The van der Waals surface area contributed by atoms with Crippen molar-refractivity contribution in [2.24, 2.45) is 0 Å². The maximum Gasteiger partial charge on any atom is 0.348 e. The molecule has 27 heavy (non-hydrogen) atoms. The summed E-state index contributed by atoms with van der Waals surface area (Å²) in [5, 5.41) is 3.28. The zero-order chi connectivity index (χ0) is 19.0. The van der Waals surface area contributed by atoms with E-state index in [0.29, 0.717) is 16.8 Å². The molecule has 0 saturated carbocycles. The van der Waals surface area contributed by atoms with Crippen LogP contribution in [0.3, 0.4) is 0 Å². The van der Waals surface area contributed by atoms with Crippen molar-refractivity contribution in [2.75, 3.05) is 23.4 Å². The number of benzene rings is 2. The second-order valence-corrected chi connectivity index (χ2v) is 7.00. The van der Waals surface area contributed by atoms with Gasteiger partial charge in [0.2, 0.25) is 5.91 Å². The summed E-state index contributed by atoms with van der Waals surface area (Å²) in [6.07, 6.45) is 0. The van der Waals surface area contributed by atoms with Crippen molar-refractivity contribution in [3.63, 3.8) is 0 Å². The fourth-order valence-electron chi connectivity index (χ4n) is 2.85. The normalized spacial score (nSPS) is 13.2. The molecule has 0 spiro atoms. The summed E-state index contributed by atoms with van der Waals surface area (Å²) in [6.45, 7) is -0.640. The van der Waals surface area contributed by atoms with Gasteiger partial charge in [-0.1, -0.05) is 12.1 Å². The van der Waals surface area contributed by atoms with Crippen LogP contribution in [0.2, 0.25) is 0 Å². The molecule has 0 bridgehead atoms. The number of rotatable bonds is 3. The lowest BCUT2D eigenvalue weighted by Gasteiger charge is -2.28. The molecule has 4 rings (SSSR count). The highest BCUT2D eigenvalue weighted by atomic mass is 32.1. The van der Waals surface area contributed by atoms with Gasteiger partial charge in [-0.2, -0.15) is 0 Å². The molecule has 8 heteroatoms. The summed E-state index contributed by atoms with van der Waals surface area (Å²) in [7, 11) is 0. The van der Waals surface area contributed by atoms with Gasteiger partial charge in [-0.15, -0.1) is 11.3 Å². The molecule has 136 valence electrons. The van der Waals surface area contributed by atoms with E-state index in [-0.39, 0.29) is 17.3 Å². The second kappa shape index (κ2) is 6.81. The zero-order valence-corrected chi connectivity index (χ0v) is 14.7. The molecule has 0 fully saturated rings. The molecule has 1 N–H and O–H groups in total. The van der Waals surface area contributed by atoms with E-state index in [2.05, 4.69) is 5.32 Å². The van der Waals surface area contributed by atoms with Gasteiger partial charge >= 0.3 is 5.97 Å². The third kappa shape index (κ3) is 3.39. The highest BCUT2D eigenvalue weighted by Gasteiger charge is 2.27. The fourth-order valence-corrected chi connectivity index (χ4v) is 3.78. The molecule has 0 saturated heterocycles. The van der Waals surface area contributed by atoms with Gasteiger partial charge in [-0.3, -0.25) is 14.5 Å². The van der Waals surface area contributed by atoms with E-state index in [0.717, 1.165) is 16.0 Å². The molecule has 1 aliphatic rings. The molecule has 2 heterocycles. The SMILES string of the molecule is O=C1CN(C(=O)COC(=O)c2cc3cc(F)ccc3s2)c2ccccc2N1. The Morgan fingerprint density at radius 3 is 2.85 bits per heavy atom. The number of nitrogens with zero attached hydrogens (tertiary/aromatic N) is 1. The Hall–Kier alpha value is -3.26. The molecule has 0 radical (unpaired) electrons. The van der Waals surface area contributed by atoms with Crippen molar-refractivity contribution >= 4 is 50.6 Å². The smallest absolute Gasteiger partial charge is 0.348 e. The Kier molecular flexibility index (Phi) is 4.33. The third-order valence-corrected chi connectivity index (χ3v) is 5.17. The molecule has 0 atom stereocenters. The van der Waals surface area contributed by atoms with Crippen LogP contribution in [0.1, 0.15) is 9.67 Å². The molecule has 2 amide bonds. The van der Waals surface area contributed by atoms with E-state index in [9.17, 15) is 18.8 Å². The Morgan fingerprint density at radius 2 is 2.00 bits per heavy atom. The number of ether oxygens (including phenoxy) is 1. The zero-order valence-electron chi connectivity index (χ0n) is 13.9. The maximum atomic E-state index is 13.3. The van der Waals surface area contributed by atoms with Crippen molar-refractivity contribution in [3.8, 4) is 0 Å². The van der Waals surface area contributed by atoms with Crippen molar-refractivity contribution in [1.82, 2.24) is 0 Å². The molecule has 6 nitrogen and oxygen atoms in total. The molecule has 0 unspecified atom stereocenters. The van der Waals surface area contributed by atoms with Gasteiger partial charge in [0.25, 0.3) is 5.91 Å². The van der Waals surface area contributed by atoms with Gasteiger partial charge in [-0.25, -0.2) is 9.18 Å². The largest absolute Gasteiger partial charge is 0.451 e. The Bertz CT molecular complexity index is 1080. The Labute approximate surface area is 157 Å². The number of nitrogens with one attached hydrogen (secondary N) is 1. The lowest BCUT2D eigenvalue weighted by Crippen LogP contribution is -2.44. The van der Waals surface area contributed by atoms with Gasteiger partial charge in [0, 0.05) is 4.70 Å². The molecule has 1 aromatic heterocycles. The number of amides is 2. The number of thiophene rings is 1. The number of halogens is 1. The van der Waals surface area contributed by atoms with Gasteiger partial charge < -0.3 is 10.1 Å².